The molecule has 1 aliphatic heterocycles. The smallest absolute Gasteiger partial charge is 0.144 e. The Kier molecular flexibility index (Phi) is 5.07. The van der Waals surface area contributed by atoms with Gasteiger partial charge in [0.1, 0.15) is 28.0 Å². The molecular formula is C15H21NO3S. The summed E-state index contributed by atoms with van der Waals surface area (Å²) in [5, 5.41) is 0. The summed E-state index contributed by atoms with van der Waals surface area (Å²) in [5.74, 6) is 0.828. The first-order valence-corrected chi connectivity index (χ1v) is 7.86. The maximum absolute atomic E-state index is 11.8. The summed E-state index contributed by atoms with van der Waals surface area (Å²) in [5.41, 5.74) is 0.914. The number of hydrogen-bond acceptors (Lipinski definition) is 4. The van der Waals surface area contributed by atoms with E-state index in [-0.39, 0.29) is 10.9 Å². The van der Waals surface area contributed by atoms with Gasteiger partial charge in [-0.2, -0.15) is 0 Å². The first-order chi connectivity index (χ1) is 9.45. The van der Waals surface area contributed by atoms with Crippen molar-refractivity contribution in [2.45, 2.75) is 38.0 Å². The molecule has 0 amide bonds. The van der Waals surface area contributed by atoms with Crippen LogP contribution in [-0.4, -0.2) is 34.8 Å². The summed E-state index contributed by atoms with van der Waals surface area (Å²) in [6.45, 7) is 7.14. The third-order valence-corrected chi connectivity index (χ3v) is 4.24. The molecule has 0 bridgehead atoms. The van der Waals surface area contributed by atoms with E-state index in [9.17, 15) is 4.55 Å². The van der Waals surface area contributed by atoms with Crippen LogP contribution in [0.5, 0.6) is 5.75 Å². The van der Waals surface area contributed by atoms with Crippen LogP contribution >= 0.6 is 0 Å². The lowest BCUT2D eigenvalue weighted by molar-refractivity contribution is 0.141. The van der Waals surface area contributed by atoms with Gasteiger partial charge in [0.25, 0.3) is 0 Å². The molecule has 1 saturated heterocycles. The second kappa shape index (κ2) is 6.61. The van der Waals surface area contributed by atoms with Gasteiger partial charge >= 0.3 is 0 Å². The quantitative estimate of drug-likeness (QED) is 0.634. The van der Waals surface area contributed by atoms with Gasteiger partial charge < -0.3 is 14.0 Å². The zero-order valence-corrected chi connectivity index (χ0v) is 13.0. The third-order valence-electron chi connectivity index (χ3n) is 2.89. The van der Waals surface area contributed by atoms with Crippen LogP contribution < -0.4 is 4.74 Å². The third kappa shape index (κ3) is 4.51. The Morgan fingerprint density at radius 1 is 1.35 bits per heavy atom. The molecule has 0 radical (unpaired) electrons. The van der Waals surface area contributed by atoms with Crippen molar-refractivity contribution in [1.82, 2.24) is 0 Å². The molecule has 0 spiro atoms. The van der Waals surface area contributed by atoms with Crippen LogP contribution in [0.3, 0.4) is 0 Å². The van der Waals surface area contributed by atoms with Crippen LogP contribution in [0.2, 0.25) is 0 Å². The molecule has 0 aliphatic carbocycles. The van der Waals surface area contributed by atoms with Crippen molar-refractivity contribution in [1.29, 1.82) is 0 Å². The Morgan fingerprint density at radius 2 is 2.05 bits per heavy atom. The molecule has 1 aliphatic rings. The fourth-order valence-electron chi connectivity index (χ4n) is 1.70. The minimum Gasteiger partial charge on any atom is -0.591 e. The predicted molar refractivity (Wildman–Crippen MR) is 81.8 cm³/mol. The summed E-state index contributed by atoms with van der Waals surface area (Å²) in [7, 11) is 0. The molecule has 1 unspecified atom stereocenters. The second-order valence-electron chi connectivity index (χ2n) is 5.77. The Bertz CT molecular complexity index is 447. The monoisotopic (exact) mass is 295 g/mol. The number of nitrogens with zero attached hydrogens (tertiary/aromatic N) is 1. The van der Waals surface area contributed by atoms with Crippen molar-refractivity contribution >= 4 is 17.6 Å². The van der Waals surface area contributed by atoms with Crippen LogP contribution in [0.25, 0.3) is 0 Å². The van der Waals surface area contributed by atoms with E-state index in [2.05, 4.69) is 4.40 Å². The fraction of sp³-hybridized carbons (Fsp3) is 0.533. The highest BCUT2D eigenvalue weighted by atomic mass is 32.2. The maximum Gasteiger partial charge on any atom is 0.144 e. The van der Waals surface area contributed by atoms with Crippen LogP contribution in [0.4, 0.5) is 0 Å². The lowest BCUT2D eigenvalue weighted by Gasteiger charge is -2.17. The van der Waals surface area contributed by atoms with Gasteiger partial charge in [0.05, 0.1) is 19.4 Å². The first-order valence-electron chi connectivity index (χ1n) is 6.76. The van der Waals surface area contributed by atoms with E-state index in [4.69, 9.17) is 9.47 Å². The summed E-state index contributed by atoms with van der Waals surface area (Å²) < 4.78 is 26.6. The highest BCUT2D eigenvalue weighted by Crippen LogP contribution is 2.19. The summed E-state index contributed by atoms with van der Waals surface area (Å²) >= 11 is -1.23. The van der Waals surface area contributed by atoms with Gasteiger partial charge in [0, 0.05) is 6.42 Å². The van der Waals surface area contributed by atoms with Gasteiger partial charge in [-0.3, -0.25) is 0 Å². The van der Waals surface area contributed by atoms with Crippen LogP contribution in [-0.2, 0) is 16.1 Å². The molecule has 5 heteroatoms. The Balaban J connectivity index is 1.92. The van der Waals surface area contributed by atoms with E-state index < -0.39 is 11.4 Å². The highest BCUT2D eigenvalue weighted by molar-refractivity contribution is 7.91. The average Bonchev–Trinajstić information content (AvgIpc) is 2.89. The molecule has 1 aromatic rings. The highest BCUT2D eigenvalue weighted by Gasteiger charge is 2.25. The zero-order valence-electron chi connectivity index (χ0n) is 12.2. The molecule has 0 N–H and O–H groups in total. The van der Waals surface area contributed by atoms with Crippen molar-refractivity contribution in [3.05, 3.63) is 29.8 Å². The molecule has 110 valence electrons. The largest absolute Gasteiger partial charge is 0.591 e. The van der Waals surface area contributed by atoms with Crippen molar-refractivity contribution < 1.29 is 14.0 Å². The fourth-order valence-corrected chi connectivity index (χ4v) is 2.23. The molecule has 1 heterocycles. The molecule has 4 nitrogen and oxygen atoms in total. The maximum atomic E-state index is 11.8. The van der Waals surface area contributed by atoms with Gasteiger partial charge in [0.15, 0.2) is 0 Å². The van der Waals surface area contributed by atoms with Crippen LogP contribution in [0.15, 0.2) is 28.7 Å². The first kappa shape index (κ1) is 15.4. The predicted octanol–water partition coefficient (Wildman–Crippen LogP) is 2.74. The Labute approximate surface area is 123 Å². The van der Waals surface area contributed by atoms with Gasteiger partial charge in [-0.25, -0.2) is 0 Å². The molecule has 2 rings (SSSR count). The molecule has 1 aromatic carbocycles. The standard InChI is InChI=1S/C15H21NO3S/c1-15(2,3)20(17)16-10-12-4-6-13(7-5-12)19-14-8-9-18-11-14/h4-7,10,14H,8-9,11H2,1-3H3/t14-,20?/m0/s1. The number of benzene rings is 1. The lowest BCUT2D eigenvalue weighted by Crippen LogP contribution is -2.25. The van der Waals surface area contributed by atoms with E-state index >= 15 is 0 Å². The number of ether oxygens (including phenoxy) is 2. The van der Waals surface area contributed by atoms with Crippen LogP contribution in [0.1, 0.15) is 32.8 Å². The van der Waals surface area contributed by atoms with E-state index in [1.165, 1.54) is 0 Å². The van der Waals surface area contributed by atoms with Crippen molar-refractivity contribution in [2.75, 3.05) is 13.2 Å². The zero-order chi connectivity index (χ0) is 14.6. The van der Waals surface area contributed by atoms with Crippen LogP contribution in [0, 0.1) is 0 Å². The summed E-state index contributed by atoms with van der Waals surface area (Å²) in [6, 6.07) is 7.63. The number of rotatable bonds is 4. The van der Waals surface area contributed by atoms with Gasteiger partial charge in [-0.05, 0) is 50.6 Å². The molecule has 2 atom stereocenters. The van der Waals surface area contributed by atoms with Crippen molar-refractivity contribution in [3.63, 3.8) is 0 Å². The Morgan fingerprint density at radius 3 is 2.60 bits per heavy atom. The molecular weight excluding hydrogens is 274 g/mol. The minimum absolute atomic E-state index is 0.155. The van der Waals surface area contributed by atoms with Gasteiger partial charge in [0.2, 0.25) is 0 Å². The second-order valence-corrected chi connectivity index (χ2v) is 7.70. The van der Waals surface area contributed by atoms with E-state index in [1.54, 1.807) is 6.21 Å². The normalized spacial score (nSPS) is 21.3. The Hall–Kier alpha value is -1.04. The molecule has 1 fully saturated rings. The number of hydrogen-bond donors (Lipinski definition) is 0. The molecule has 0 saturated carbocycles. The molecule has 0 aromatic heterocycles. The van der Waals surface area contributed by atoms with Gasteiger partial charge in [-0.15, -0.1) is 0 Å². The van der Waals surface area contributed by atoms with E-state index in [0.717, 1.165) is 24.3 Å². The minimum atomic E-state index is -1.23. The van der Waals surface area contributed by atoms with Gasteiger partial charge in [-0.1, -0.05) is 4.40 Å². The lowest BCUT2D eigenvalue weighted by atomic mass is 10.2. The van der Waals surface area contributed by atoms with Crippen molar-refractivity contribution in [3.8, 4) is 5.75 Å². The van der Waals surface area contributed by atoms with E-state index in [0.29, 0.717) is 6.61 Å². The molecule has 20 heavy (non-hydrogen) atoms. The topological polar surface area (TPSA) is 53.9 Å². The summed E-state index contributed by atoms with van der Waals surface area (Å²) in [6.07, 6.45) is 2.74. The summed E-state index contributed by atoms with van der Waals surface area (Å²) in [4.78, 5) is 0. The average molecular weight is 295 g/mol. The SMILES string of the molecule is CC(C)(C)[S+]([O-])N=Cc1ccc(O[C@H]2CCOC2)cc1. The van der Waals surface area contributed by atoms with Crippen molar-refractivity contribution in [2.24, 2.45) is 4.40 Å². The van der Waals surface area contributed by atoms with E-state index in [1.807, 2.05) is 45.0 Å².